The molecule has 0 amide bonds. The van der Waals surface area contributed by atoms with Crippen LogP contribution in [0, 0.1) is 0 Å². The summed E-state index contributed by atoms with van der Waals surface area (Å²) >= 11 is 11.8. The molecular formula is C20H32Cl2O2Si. The summed E-state index contributed by atoms with van der Waals surface area (Å²) < 4.78 is 11.8. The highest BCUT2D eigenvalue weighted by Crippen LogP contribution is 2.34. The number of ether oxygens (including phenoxy) is 2. The lowest BCUT2D eigenvalue weighted by atomic mass is 9.83. The van der Waals surface area contributed by atoms with E-state index in [1.54, 1.807) is 0 Å². The van der Waals surface area contributed by atoms with Gasteiger partial charge < -0.3 is 9.47 Å². The van der Waals surface area contributed by atoms with Gasteiger partial charge in [0.2, 0.25) is 7.42 Å². The van der Waals surface area contributed by atoms with Crippen molar-refractivity contribution in [3.05, 3.63) is 29.8 Å². The van der Waals surface area contributed by atoms with Gasteiger partial charge in [0.1, 0.15) is 5.75 Å². The lowest BCUT2D eigenvalue weighted by molar-refractivity contribution is 0.0251. The fourth-order valence-electron chi connectivity index (χ4n) is 3.43. The van der Waals surface area contributed by atoms with E-state index in [0.29, 0.717) is 12.0 Å². The molecule has 0 spiro atoms. The smallest absolute Gasteiger partial charge is 0.237 e. The Hall–Kier alpha value is -0.223. The van der Waals surface area contributed by atoms with Crippen molar-refractivity contribution in [1.82, 2.24) is 0 Å². The van der Waals surface area contributed by atoms with Crippen molar-refractivity contribution in [2.24, 2.45) is 0 Å². The van der Waals surface area contributed by atoms with E-state index in [4.69, 9.17) is 31.6 Å². The molecule has 0 bridgehead atoms. The summed E-state index contributed by atoms with van der Waals surface area (Å²) in [6.45, 7) is 3.85. The van der Waals surface area contributed by atoms with Crippen LogP contribution in [0.1, 0.15) is 69.8 Å². The standard InChI is InChI=1S/C20H32Cl2O2Si/c1-2-3-4-14-23-19-10-6-17(7-11-19)18-8-12-20(13-9-18)24-15-5-16-25(21)22/h6-7,10-11,18,20,25H,2-5,8-9,12-16H2,1H3. The third-order valence-corrected chi connectivity index (χ3v) is 7.12. The van der Waals surface area contributed by atoms with Gasteiger partial charge in [0, 0.05) is 6.61 Å². The fraction of sp³-hybridized carbons (Fsp3) is 0.700. The molecule has 25 heavy (non-hydrogen) atoms. The maximum atomic E-state index is 5.99. The zero-order chi connectivity index (χ0) is 17.9. The van der Waals surface area contributed by atoms with Crippen molar-refractivity contribution >= 4 is 29.6 Å². The molecule has 1 aromatic rings. The summed E-state index contributed by atoms with van der Waals surface area (Å²) in [6.07, 6.45) is 9.77. The van der Waals surface area contributed by atoms with Crippen LogP contribution in [0.5, 0.6) is 5.75 Å². The van der Waals surface area contributed by atoms with E-state index in [2.05, 4.69) is 31.2 Å². The first-order valence-electron chi connectivity index (χ1n) is 9.81. The lowest BCUT2D eigenvalue weighted by Crippen LogP contribution is -2.21. The predicted octanol–water partition coefficient (Wildman–Crippen LogP) is 6.39. The van der Waals surface area contributed by atoms with Crippen molar-refractivity contribution in [2.45, 2.75) is 76.4 Å². The Balaban J connectivity index is 1.66. The Kier molecular flexibility index (Phi) is 10.3. The van der Waals surface area contributed by atoms with Crippen LogP contribution in [-0.2, 0) is 4.74 Å². The van der Waals surface area contributed by atoms with Crippen molar-refractivity contribution in [3.8, 4) is 5.75 Å². The van der Waals surface area contributed by atoms with Gasteiger partial charge in [-0.25, -0.2) is 0 Å². The van der Waals surface area contributed by atoms with Gasteiger partial charge in [-0.1, -0.05) is 31.9 Å². The number of hydrogen-bond acceptors (Lipinski definition) is 2. The van der Waals surface area contributed by atoms with Crippen LogP contribution in [0.2, 0.25) is 6.04 Å². The Morgan fingerprint density at radius 3 is 2.32 bits per heavy atom. The number of unbranched alkanes of at least 4 members (excludes halogenated alkanes) is 2. The predicted molar refractivity (Wildman–Crippen MR) is 111 cm³/mol. The van der Waals surface area contributed by atoms with Crippen molar-refractivity contribution in [3.63, 3.8) is 0 Å². The Morgan fingerprint density at radius 1 is 0.960 bits per heavy atom. The van der Waals surface area contributed by atoms with E-state index >= 15 is 0 Å². The first kappa shape index (κ1) is 21.1. The van der Waals surface area contributed by atoms with Gasteiger partial charge in [0.25, 0.3) is 0 Å². The summed E-state index contributed by atoms with van der Waals surface area (Å²) in [4.78, 5) is 0. The Morgan fingerprint density at radius 2 is 1.68 bits per heavy atom. The molecule has 0 atom stereocenters. The molecule has 5 heteroatoms. The monoisotopic (exact) mass is 402 g/mol. The van der Waals surface area contributed by atoms with E-state index in [9.17, 15) is 0 Å². The minimum absolute atomic E-state index is 0.420. The highest BCUT2D eigenvalue weighted by atomic mass is 35.7. The molecule has 1 saturated carbocycles. The van der Waals surface area contributed by atoms with Gasteiger partial charge in [-0.15, -0.1) is 0 Å². The lowest BCUT2D eigenvalue weighted by Gasteiger charge is -2.29. The van der Waals surface area contributed by atoms with Gasteiger partial charge in [-0.2, -0.15) is 22.2 Å². The van der Waals surface area contributed by atoms with E-state index in [1.165, 1.54) is 31.2 Å². The first-order valence-corrected chi connectivity index (χ1v) is 14.1. The van der Waals surface area contributed by atoms with Crippen molar-refractivity contribution in [1.29, 1.82) is 0 Å². The number of halogens is 2. The topological polar surface area (TPSA) is 18.5 Å². The molecule has 1 aliphatic carbocycles. The summed E-state index contributed by atoms with van der Waals surface area (Å²) in [7, 11) is -1.46. The number of hydrogen-bond donors (Lipinski definition) is 0. The molecule has 0 aliphatic heterocycles. The van der Waals surface area contributed by atoms with E-state index in [-0.39, 0.29) is 0 Å². The molecule has 2 nitrogen and oxygen atoms in total. The molecule has 0 aromatic heterocycles. The van der Waals surface area contributed by atoms with Gasteiger partial charge in [-0.05, 0) is 68.2 Å². The van der Waals surface area contributed by atoms with Crippen molar-refractivity contribution in [2.75, 3.05) is 13.2 Å². The summed E-state index contributed by atoms with van der Waals surface area (Å²) in [5.74, 6) is 1.66. The largest absolute Gasteiger partial charge is 0.494 e. The van der Waals surface area contributed by atoms with Crippen LogP contribution in [0.15, 0.2) is 24.3 Å². The van der Waals surface area contributed by atoms with E-state index in [1.807, 2.05) is 0 Å². The van der Waals surface area contributed by atoms with E-state index in [0.717, 1.165) is 50.7 Å². The Bertz CT molecular complexity index is 459. The molecule has 0 heterocycles. The normalized spacial score (nSPS) is 20.8. The average molecular weight is 403 g/mol. The highest BCUT2D eigenvalue weighted by molar-refractivity contribution is 7.33. The second-order valence-electron chi connectivity index (χ2n) is 7.00. The van der Waals surface area contributed by atoms with Gasteiger partial charge >= 0.3 is 0 Å². The zero-order valence-electron chi connectivity index (χ0n) is 15.4. The molecule has 0 saturated heterocycles. The second-order valence-corrected chi connectivity index (χ2v) is 12.2. The minimum Gasteiger partial charge on any atom is -0.494 e. The van der Waals surface area contributed by atoms with Crippen LogP contribution in [-0.4, -0.2) is 26.7 Å². The van der Waals surface area contributed by atoms with Crippen LogP contribution >= 0.6 is 22.2 Å². The first-order chi connectivity index (χ1) is 12.2. The Labute approximate surface area is 164 Å². The summed E-state index contributed by atoms with van der Waals surface area (Å²) in [5, 5.41) is 0. The summed E-state index contributed by atoms with van der Waals surface area (Å²) in [6, 6.07) is 9.69. The molecule has 2 rings (SSSR count). The SMILES string of the molecule is CCCCCOc1ccc(C2CCC(OCCC[SiH](Cl)Cl)CC2)cc1. The van der Waals surface area contributed by atoms with Gasteiger partial charge in [0.15, 0.2) is 0 Å². The molecule has 1 aliphatic rings. The summed E-state index contributed by atoms with van der Waals surface area (Å²) in [5.41, 5.74) is 1.44. The maximum Gasteiger partial charge on any atom is 0.237 e. The highest BCUT2D eigenvalue weighted by Gasteiger charge is 2.22. The van der Waals surface area contributed by atoms with E-state index < -0.39 is 7.42 Å². The molecule has 0 N–H and O–H groups in total. The average Bonchev–Trinajstić information content (AvgIpc) is 2.63. The molecule has 1 aromatic carbocycles. The van der Waals surface area contributed by atoms with Gasteiger partial charge in [-0.3, -0.25) is 0 Å². The number of benzene rings is 1. The number of rotatable bonds is 11. The quantitative estimate of drug-likeness (QED) is 0.242. The van der Waals surface area contributed by atoms with Crippen LogP contribution in [0.25, 0.3) is 0 Å². The zero-order valence-corrected chi connectivity index (χ0v) is 18.1. The third-order valence-electron chi connectivity index (χ3n) is 4.96. The minimum atomic E-state index is -1.46. The fourth-order valence-corrected chi connectivity index (χ4v) is 4.83. The second kappa shape index (κ2) is 12.2. The van der Waals surface area contributed by atoms with Crippen LogP contribution in [0.3, 0.4) is 0 Å². The maximum absolute atomic E-state index is 5.99. The molecule has 142 valence electrons. The van der Waals surface area contributed by atoms with Crippen molar-refractivity contribution < 1.29 is 9.47 Å². The van der Waals surface area contributed by atoms with Crippen LogP contribution < -0.4 is 4.74 Å². The molecule has 1 fully saturated rings. The molecule has 0 radical (unpaired) electrons. The van der Waals surface area contributed by atoms with Gasteiger partial charge in [0.05, 0.1) is 12.7 Å². The third kappa shape index (κ3) is 8.34. The van der Waals surface area contributed by atoms with Crippen LogP contribution in [0.4, 0.5) is 0 Å². The molecular weight excluding hydrogens is 371 g/mol. The molecule has 0 unspecified atom stereocenters.